The Balaban J connectivity index is 4.31. The molecule has 8 heteroatoms. The number of nitrogens with zero attached hydrogens (tertiary/aromatic N) is 1. The average Bonchev–Trinajstić information content (AvgIpc) is 2.17. The van der Waals surface area contributed by atoms with E-state index in [4.69, 9.17) is 5.11 Å². The quantitative estimate of drug-likeness (QED) is 0.754. The summed E-state index contributed by atoms with van der Waals surface area (Å²) in [5.74, 6) is -1.74. The van der Waals surface area contributed by atoms with E-state index in [-0.39, 0.29) is 6.42 Å². The Morgan fingerprint density at radius 1 is 1.21 bits per heavy atom. The van der Waals surface area contributed by atoms with Crippen LogP contribution in [0.1, 0.15) is 27.2 Å². The minimum Gasteiger partial charge on any atom is -0.480 e. The SMILES string of the molecule is CC(C)(C)N(CC(=O)O)C(=O)CCOCC(F)(F)F. The van der Waals surface area contributed by atoms with Gasteiger partial charge in [-0.25, -0.2) is 0 Å². The summed E-state index contributed by atoms with van der Waals surface area (Å²) >= 11 is 0. The number of carbonyl (C=O) groups excluding carboxylic acids is 1. The fraction of sp³-hybridized carbons (Fsp3) is 0.818. The summed E-state index contributed by atoms with van der Waals surface area (Å²) in [6.45, 7) is 2.61. The van der Waals surface area contributed by atoms with Gasteiger partial charge >= 0.3 is 12.1 Å². The molecule has 0 spiro atoms. The molecule has 0 aliphatic carbocycles. The van der Waals surface area contributed by atoms with Gasteiger partial charge in [-0.15, -0.1) is 0 Å². The first-order valence-corrected chi connectivity index (χ1v) is 5.60. The van der Waals surface area contributed by atoms with Crippen LogP contribution in [0.3, 0.4) is 0 Å². The van der Waals surface area contributed by atoms with E-state index >= 15 is 0 Å². The summed E-state index contributed by atoms with van der Waals surface area (Å²) in [7, 11) is 0. The zero-order valence-electron chi connectivity index (χ0n) is 11.1. The summed E-state index contributed by atoms with van der Waals surface area (Å²) in [6.07, 6.45) is -4.73. The van der Waals surface area contributed by atoms with Gasteiger partial charge in [-0.05, 0) is 20.8 Å². The van der Waals surface area contributed by atoms with Crippen molar-refractivity contribution in [2.24, 2.45) is 0 Å². The van der Waals surface area contributed by atoms with Gasteiger partial charge < -0.3 is 14.7 Å². The molecule has 19 heavy (non-hydrogen) atoms. The maximum Gasteiger partial charge on any atom is 0.411 e. The molecular formula is C11H18F3NO4. The van der Waals surface area contributed by atoms with E-state index in [1.54, 1.807) is 20.8 Å². The molecule has 0 radical (unpaired) electrons. The van der Waals surface area contributed by atoms with Gasteiger partial charge in [-0.3, -0.25) is 9.59 Å². The van der Waals surface area contributed by atoms with E-state index in [1.807, 2.05) is 0 Å². The third-order valence-corrected chi connectivity index (χ3v) is 2.13. The standard InChI is InChI=1S/C11H18F3NO4/c1-10(2,3)15(6-9(17)18)8(16)4-5-19-7-11(12,13)14/h4-7H2,1-3H3,(H,17,18). The summed E-state index contributed by atoms with van der Waals surface area (Å²) in [4.78, 5) is 23.5. The highest BCUT2D eigenvalue weighted by Crippen LogP contribution is 2.16. The predicted octanol–water partition coefficient (Wildman–Crippen LogP) is 1.67. The van der Waals surface area contributed by atoms with E-state index in [0.29, 0.717) is 0 Å². The summed E-state index contributed by atoms with van der Waals surface area (Å²) in [5.41, 5.74) is -0.723. The van der Waals surface area contributed by atoms with Crippen molar-refractivity contribution in [1.29, 1.82) is 0 Å². The molecule has 0 atom stereocenters. The molecular weight excluding hydrogens is 267 g/mol. The number of ether oxygens (including phenoxy) is 1. The van der Waals surface area contributed by atoms with E-state index in [0.717, 1.165) is 4.90 Å². The van der Waals surface area contributed by atoms with Crippen LogP contribution in [0.5, 0.6) is 0 Å². The van der Waals surface area contributed by atoms with E-state index in [2.05, 4.69) is 4.74 Å². The molecule has 5 nitrogen and oxygen atoms in total. The highest BCUT2D eigenvalue weighted by Gasteiger charge is 2.29. The lowest BCUT2D eigenvalue weighted by Gasteiger charge is -2.34. The molecule has 0 fully saturated rings. The van der Waals surface area contributed by atoms with Gasteiger partial charge in [-0.1, -0.05) is 0 Å². The Bertz CT molecular complexity index is 323. The number of carboxylic acid groups (broad SMARTS) is 1. The van der Waals surface area contributed by atoms with Crippen LogP contribution in [-0.2, 0) is 14.3 Å². The highest BCUT2D eigenvalue weighted by molar-refractivity contribution is 5.82. The van der Waals surface area contributed by atoms with Crippen LogP contribution in [0.4, 0.5) is 13.2 Å². The number of halogens is 3. The lowest BCUT2D eigenvalue weighted by atomic mass is 10.1. The largest absolute Gasteiger partial charge is 0.480 e. The van der Waals surface area contributed by atoms with Gasteiger partial charge in [0.15, 0.2) is 0 Å². The Morgan fingerprint density at radius 3 is 2.11 bits per heavy atom. The Labute approximate surface area is 109 Å². The molecule has 0 bridgehead atoms. The number of amides is 1. The minimum atomic E-state index is -4.44. The Morgan fingerprint density at radius 2 is 1.74 bits per heavy atom. The number of hydrogen-bond acceptors (Lipinski definition) is 3. The van der Waals surface area contributed by atoms with Crippen molar-refractivity contribution in [2.75, 3.05) is 19.8 Å². The number of carboxylic acids is 1. The highest BCUT2D eigenvalue weighted by atomic mass is 19.4. The van der Waals surface area contributed by atoms with Gasteiger partial charge in [0, 0.05) is 5.54 Å². The van der Waals surface area contributed by atoms with Crippen LogP contribution < -0.4 is 0 Å². The Kier molecular flexibility index (Phi) is 6.28. The molecule has 0 rings (SSSR count). The van der Waals surface area contributed by atoms with E-state index < -0.39 is 43.4 Å². The van der Waals surface area contributed by atoms with Gasteiger partial charge in [0.25, 0.3) is 0 Å². The average molecular weight is 285 g/mol. The smallest absolute Gasteiger partial charge is 0.411 e. The van der Waals surface area contributed by atoms with Gasteiger partial charge in [-0.2, -0.15) is 13.2 Å². The van der Waals surface area contributed by atoms with E-state index in [9.17, 15) is 22.8 Å². The third kappa shape index (κ3) is 8.41. The molecule has 0 aromatic rings. The summed E-state index contributed by atoms with van der Waals surface area (Å²) < 4.78 is 39.7. The normalized spacial score (nSPS) is 12.3. The van der Waals surface area contributed by atoms with Gasteiger partial charge in [0.05, 0.1) is 13.0 Å². The Hall–Kier alpha value is -1.31. The number of carbonyl (C=O) groups is 2. The van der Waals surface area contributed by atoms with Crippen LogP contribution in [0.25, 0.3) is 0 Å². The second-order valence-electron chi connectivity index (χ2n) is 4.96. The van der Waals surface area contributed by atoms with Gasteiger partial charge in [0.1, 0.15) is 13.2 Å². The predicted molar refractivity (Wildman–Crippen MR) is 60.6 cm³/mol. The molecule has 0 aliphatic heterocycles. The molecule has 0 unspecified atom stereocenters. The lowest BCUT2D eigenvalue weighted by Crippen LogP contribution is -2.48. The number of aliphatic carboxylic acids is 1. The van der Waals surface area contributed by atoms with Crippen LogP contribution in [0, 0.1) is 0 Å². The van der Waals surface area contributed by atoms with Crippen LogP contribution in [0.2, 0.25) is 0 Å². The van der Waals surface area contributed by atoms with Crippen molar-refractivity contribution in [1.82, 2.24) is 4.90 Å². The maximum absolute atomic E-state index is 11.8. The number of hydrogen-bond donors (Lipinski definition) is 1. The summed E-state index contributed by atoms with van der Waals surface area (Å²) in [5, 5.41) is 8.70. The van der Waals surface area contributed by atoms with Crippen molar-refractivity contribution in [3.05, 3.63) is 0 Å². The van der Waals surface area contributed by atoms with E-state index in [1.165, 1.54) is 0 Å². The van der Waals surface area contributed by atoms with Crippen molar-refractivity contribution in [2.45, 2.75) is 38.9 Å². The second kappa shape index (κ2) is 6.74. The third-order valence-electron chi connectivity index (χ3n) is 2.13. The van der Waals surface area contributed by atoms with Gasteiger partial charge in [0.2, 0.25) is 5.91 Å². The van der Waals surface area contributed by atoms with Crippen molar-refractivity contribution < 1.29 is 32.6 Å². The molecule has 0 heterocycles. The lowest BCUT2D eigenvalue weighted by molar-refractivity contribution is -0.175. The zero-order valence-corrected chi connectivity index (χ0v) is 11.1. The second-order valence-corrected chi connectivity index (χ2v) is 4.96. The molecule has 0 aromatic carbocycles. The zero-order chi connectivity index (χ0) is 15.3. The first-order valence-electron chi connectivity index (χ1n) is 5.60. The molecule has 1 N–H and O–H groups in total. The first-order chi connectivity index (χ1) is 8.43. The molecule has 1 amide bonds. The topological polar surface area (TPSA) is 66.8 Å². The van der Waals surface area contributed by atoms with Crippen LogP contribution in [0.15, 0.2) is 0 Å². The molecule has 0 saturated heterocycles. The monoisotopic (exact) mass is 285 g/mol. The minimum absolute atomic E-state index is 0.291. The fourth-order valence-electron chi connectivity index (χ4n) is 1.32. The maximum atomic E-state index is 11.8. The van der Waals surface area contributed by atoms with Crippen molar-refractivity contribution in [3.8, 4) is 0 Å². The van der Waals surface area contributed by atoms with Crippen molar-refractivity contribution >= 4 is 11.9 Å². The summed E-state index contributed by atoms with van der Waals surface area (Å²) in [6, 6.07) is 0. The molecule has 112 valence electrons. The molecule has 0 aromatic heterocycles. The van der Waals surface area contributed by atoms with Crippen LogP contribution in [-0.4, -0.2) is 53.4 Å². The molecule has 0 saturated carbocycles. The number of rotatable bonds is 6. The number of alkyl halides is 3. The fourth-order valence-corrected chi connectivity index (χ4v) is 1.32. The van der Waals surface area contributed by atoms with Crippen LogP contribution >= 0.6 is 0 Å². The first kappa shape index (κ1) is 17.7. The molecule has 0 aliphatic rings. The van der Waals surface area contributed by atoms with Crippen molar-refractivity contribution in [3.63, 3.8) is 0 Å².